The number of piperidine rings is 1. The molecular weight excluding hydrogens is 260 g/mol. The van der Waals surface area contributed by atoms with E-state index in [1.165, 1.54) is 38.0 Å². The molecule has 0 aromatic carbocycles. The Morgan fingerprint density at radius 2 is 1.90 bits per heavy atom. The van der Waals surface area contributed by atoms with Crippen molar-refractivity contribution in [1.82, 2.24) is 9.47 Å². The zero-order valence-electron chi connectivity index (χ0n) is 13.7. The van der Waals surface area contributed by atoms with Gasteiger partial charge in [-0.3, -0.25) is 4.79 Å². The van der Waals surface area contributed by atoms with Crippen molar-refractivity contribution in [2.45, 2.75) is 58.9 Å². The molecule has 0 spiro atoms. The first-order valence-corrected chi connectivity index (χ1v) is 8.41. The van der Waals surface area contributed by atoms with Gasteiger partial charge in [0.05, 0.1) is 0 Å². The molecule has 1 aromatic rings. The molecule has 0 N–H and O–H groups in total. The van der Waals surface area contributed by atoms with Crippen molar-refractivity contribution in [3.05, 3.63) is 23.5 Å². The smallest absolute Gasteiger partial charge is 0.165 e. The molecule has 21 heavy (non-hydrogen) atoms. The molecule has 1 aliphatic carbocycles. The largest absolute Gasteiger partial charge is 0.347 e. The quantitative estimate of drug-likeness (QED) is 0.847. The number of carbonyl (C=O) groups is 1. The molecule has 1 atom stereocenters. The highest BCUT2D eigenvalue weighted by molar-refractivity contribution is 5.98. The van der Waals surface area contributed by atoms with Crippen LogP contribution in [0.5, 0.6) is 0 Å². The Kier molecular flexibility index (Phi) is 3.96. The van der Waals surface area contributed by atoms with Crippen molar-refractivity contribution in [2.75, 3.05) is 19.6 Å². The highest BCUT2D eigenvalue weighted by Crippen LogP contribution is 2.36. The van der Waals surface area contributed by atoms with E-state index < -0.39 is 0 Å². The number of hydrogen-bond donors (Lipinski definition) is 0. The van der Waals surface area contributed by atoms with E-state index in [0.717, 1.165) is 18.5 Å². The molecule has 3 heteroatoms. The Labute approximate surface area is 128 Å². The lowest BCUT2D eigenvalue weighted by Crippen LogP contribution is -2.35. The van der Waals surface area contributed by atoms with E-state index in [1.807, 2.05) is 6.07 Å². The minimum absolute atomic E-state index is 0.102. The van der Waals surface area contributed by atoms with Gasteiger partial charge < -0.3 is 9.47 Å². The number of Topliss-reactive ketones (excluding diaryl/α,β-unsaturated/α-hetero) is 1. The van der Waals surface area contributed by atoms with Crippen LogP contribution in [0.25, 0.3) is 0 Å². The maximum atomic E-state index is 12.3. The van der Waals surface area contributed by atoms with E-state index in [-0.39, 0.29) is 5.41 Å². The monoisotopic (exact) mass is 288 g/mol. The number of fused-ring (bicyclic) bond motifs is 1. The number of ketones is 1. The van der Waals surface area contributed by atoms with E-state index in [4.69, 9.17) is 0 Å². The molecule has 3 rings (SSSR count). The zero-order valence-corrected chi connectivity index (χ0v) is 13.7. The molecule has 2 heterocycles. The van der Waals surface area contributed by atoms with Gasteiger partial charge in [0, 0.05) is 36.5 Å². The highest BCUT2D eigenvalue weighted by Gasteiger charge is 2.33. The Balaban J connectivity index is 1.78. The summed E-state index contributed by atoms with van der Waals surface area (Å²) < 4.78 is 2.36. The van der Waals surface area contributed by atoms with Gasteiger partial charge in [0.1, 0.15) is 0 Å². The number of hydrogen-bond acceptors (Lipinski definition) is 2. The highest BCUT2D eigenvalue weighted by atomic mass is 16.1. The van der Waals surface area contributed by atoms with Crippen LogP contribution in [0.1, 0.15) is 68.5 Å². The molecule has 0 saturated carbocycles. The SMILES string of the molecule is CC(CN1CCCCC1)n1ccc2c1CC(C)(C)CC2=O. The summed E-state index contributed by atoms with van der Waals surface area (Å²) in [7, 11) is 0. The number of aromatic nitrogens is 1. The topological polar surface area (TPSA) is 25.2 Å². The van der Waals surface area contributed by atoms with Crippen molar-refractivity contribution in [2.24, 2.45) is 5.41 Å². The average Bonchev–Trinajstić information content (AvgIpc) is 2.82. The van der Waals surface area contributed by atoms with Crippen LogP contribution in [0.4, 0.5) is 0 Å². The normalized spacial score (nSPS) is 23.9. The summed E-state index contributed by atoms with van der Waals surface area (Å²) in [6.45, 7) is 10.3. The third-order valence-corrected chi connectivity index (χ3v) is 5.06. The Morgan fingerprint density at radius 3 is 2.62 bits per heavy atom. The standard InChI is InChI=1S/C18H28N2O/c1-14(13-19-8-5-4-6-9-19)20-10-7-15-16(20)11-18(2,3)12-17(15)21/h7,10,14H,4-6,8-9,11-13H2,1-3H3. The third kappa shape index (κ3) is 3.08. The van der Waals surface area contributed by atoms with Crippen molar-refractivity contribution in [3.8, 4) is 0 Å². The van der Waals surface area contributed by atoms with Crippen molar-refractivity contribution >= 4 is 5.78 Å². The summed E-state index contributed by atoms with van der Waals surface area (Å²) in [5.41, 5.74) is 2.34. The van der Waals surface area contributed by atoms with Gasteiger partial charge in [-0.05, 0) is 50.8 Å². The molecule has 1 aliphatic heterocycles. The fourth-order valence-corrected chi connectivity index (χ4v) is 3.98. The van der Waals surface area contributed by atoms with Crippen LogP contribution in [0.2, 0.25) is 0 Å². The lowest BCUT2D eigenvalue weighted by atomic mass is 9.76. The molecule has 0 amide bonds. The van der Waals surface area contributed by atoms with Crippen LogP contribution >= 0.6 is 0 Å². The summed E-state index contributed by atoms with van der Waals surface area (Å²) in [6.07, 6.45) is 7.89. The fraction of sp³-hybridized carbons (Fsp3) is 0.722. The molecule has 0 radical (unpaired) electrons. The first kappa shape index (κ1) is 14.8. The second kappa shape index (κ2) is 5.60. The van der Waals surface area contributed by atoms with Crippen LogP contribution in [0.3, 0.4) is 0 Å². The molecule has 1 fully saturated rings. The van der Waals surface area contributed by atoms with Crippen LogP contribution < -0.4 is 0 Å². The van der Waals surface area contributed by atoms with Gasteiger partial charge in [0.2, 0.25) is 0 Å². The predicted octanol–water partition coefficient (Wildman–Crippen LogP) is 3.69. The molecular formula is C18H28N2O. The van der Waals surface area contributed by atoms with Gasteiger partial charge in [-0.15, -0.1) is 0 Å². The summed E-state index contributed by atoms with van der Waals surface area (Å²) in [5, 5.41) is 0. The number of carbonyl (C=O) groups excluding carboxylic acids is 1. The van der Waals surface area contributed by atoms with Crippen molar-refractivity contribution < 1.29 is 4.79 Å². The van der Waals surface area contributed by atoms with Gasteiger partial charge in [0.15, 0.2) is 5.78 Å². The third-order valence-electron chi connectivity index (χ3n) is 5.06. The first-order chi connectivity index (χ1) is 9.96. The van der Waals surface area contributed by atoms with E-state index in [2.05, 4.69) is 36.4 Å². The van der Waals surface area contributed by atoms with Crippen molar-refractivity contribution in [3.63, 3.8) is 0 Å². The van der Waals surface area contributed by atoms with Gasteiger partial charge in [-0.25, -0.2) is 0 Å². The number of rotatable bonds is 3. The maximum Gasteiger partial charge on any atom is 0.165 e. The molecule has 3 nitrogen and oxygen atoms in total. The summed E-state index contributed by atoms with van der Waals surface area (Å²) in [5.74, 6) is 0.324. The number of likely N-dealkylation sites (tertiary alicyclic amines) is 1. The second-order valence-corrected chi connectivity index (χ2v) is 7.73. The minimum atomic E-state index is 0.102. The van der Waals surface area contributed by atoms with Crippen LogP contribution in [-0.4, -0.2) is 34.9 Å². The molecule has 1 aromatic heterocycles. The van der Waals surface area contributed by atoms with E-state index in [1.54, 1.807) is 0 Å². The Hall–Kier alpha value is -1.09. The minimum Gasteiger partial charge on any atom is -0.347 e. The average molecular weight is 288 g/mol. The van der Waals surface area contributed by atoms with Crippen LogP contribution in [0, 0.1) is 5.41 Å². The zero-order chi connectivity index (χ0) is 15.0. The Bertz CT molecular complexity index is 523. The number of nitrogens with zero attached hydrogens (tertiary/aromatic N) is 2. The van der Waals surface area contributed by atoms with Crippen LogP contribution in [-0.2, 0) is 6.42 Å². The second-order valence-electron chi connectivity index (χ2n) is 7.73. The maximum absolute atomic E-state index is 12.3. The van der Waals surface area contributed by atoms with Gasteiger partial charge >= 0.3 is 0 Å². The summed E-state index contributed by atoms with van der Waals surface area (Å²) >= 11 is 0. The summed E-state index contributed by atoms with van der Waals surface area (Å²) in [6, 6.07) is 2.49. The predicted molar refractivity (Wildman–Crippen MR) is 85.9 cm³/mol. The van der Waals surface area contributed by atoms with Crippen LogP contribution in [0.15, 0.2) is 12.3 Å². The van der Waals surface area contributed by atoms with E-state index in [0.29, 0.717) is 18.2 Å². The lowest BCUT2D eigenvalue weighted by Gasteiger charge is -2.33. The first-order valence-electron chi connectivity index (χ1n) is 8.41. The van der Waals surface area contributed by atoms with Gasteiger partial charge in [-0.2, -0.15) is 0 Å². The lowest BCUT2D eigenvalue weighted by molar-refractivity contribution is 0.0908. The molecule has 0 bridgehead atoms. The molecule has 2 aliphatic rings. The van der Waals surface area contributed by atoms with Gasteiger partial charge in [-0.1, -0.05) is 20.3 Å². The van der Waals surface area contributed by atoms with Crippen molar-refractivity contribution in [1.29, 1.82) is 0 Å². The Morgan fingerprint density at radius 1 is 1.19 bits per heavy atom. The van der Waals surface area contributed by atoms with E-state index in [9.17, 15) is 4.79 Å². The molecule has 1 saturated heterocycles. The fourth-order valence-electron chi connectivity index (χ4n) is 3.98. The van der Waals surface area contributed by atoms with Gasteiger partial charge in [0.25, 0.3) is 0 Å². The molecule has 1 unspecified atom stereocenters. The van der Waals surface area contributed by atoms with E-state index >= 15 is 0 Å². The summed E-state index contributed by atoms with van der Waals surface area (Å²) in [4.78, 5) is 14.9. The molecule has 116 valence electrons.